The SMILES string of the molecule is CCOC(=O)C(C)C(CC(C)C)C(=O)OCC. The summed E-state index contributed by atoms with van der Waals surface area (Å²) in [6.45, 7) is 9.95. The van der Waals surface area contributed by atoms with Gasteiger partial charge in [-0.2, -0.15) is 0 Å². The second-order valence-corrected chi connectivity index (χ2v) is 4.53. The van der Waals surface area contributed by atoms with Crippen LogP contribution in [0.2, 0.25) is 0 Å². The molecule has 0 aromatic carbocycles. The van der Waals surface area contributed by atoms with E-state index in [0.717, 1.165) is 0 Å². The summed E-state index contributed by atoms with van der Waals surface area (Å²) < 4.78 is 9.96. The maximum absolute atomic E-state index is 11.8. The van der Waals surface area contributed by atoms with Crippen molar-refractivity contribution in [3.8, 4) is 0 Å². The zero-order valence-electron chi connectivity index (χ0n) is 11.5. The van der Waals surface area contributed by atoms with E-state index >= 15 is 0 Å². The Kier molecular flexibility index (Phi) is 7.59. The highest BCUT2D eigenvalue weighted by Gasteiger charge is 2.32. The summed E-state index contributed by atoms with van der Waals surface area (Å²) in [6, 6.07) is 0. The van der Waals surface area contributed by atoms with Crippen molar-refractivity contribution in [3.63, 3.8) is 0 Å². The molecule has 4 heteroatoms. The highest BCUT2D eigenvalue weighted by atomic mass is 16.5. The van der Waals surface area contributed by atoms with Crippen molar-refractivity contribution < 1.29 is 19.1 Å². The number of esters is 2. The molecule has 0 aromatic heterocycles. The molecule has 2 atom stereocenters. The molecule has 100 valence electrons. The van der Waals surface area contributed by atoms with Crippen LogP contribution in [-0.4, -0.2) is 25.2 Å². The Morgan fingerprint density at radius 1 is 0.941 bits per heavy atom. The van der Waals surface area contributed by atoms with E-state index in [4.69, 9.17) is 9.47 Å². The first-order valence-corrected chi connectivity index (χ1v) is 6.27. The number of ether oxygens (including phenoxy) is 2. The van der Waals surface area contributed by atoms with Crippen molar-refractivity contribution >= 4 is 11.9 Å². The molecule has 0 spiro atoms. The molecule has 2 unspecified atom stereocenters. The van der Waals surface area contributed by atoms with E-state index in [0.29, 0.717) is 25.6 Å². The zero-order chi connectivity index (χ0) is 13.4. The summed E-state index contributed by atoms with van der Waals surface area (Å²) in [5.74, 6) is -1.15. The molecule has 0 N–H and O–H groups in total. The van der Waals surface area contributed by atoms with Gasteiger partial charge in [0.05, 0.1) is 25.0 Å². The van der Waals surface area contributed by atoms with Crippen LogP contribution in [0.5, 0.6) is 0 Å². The molecule has 17 heavy (non-hydrogen) atoms. The second-order valence-electron chi connectivity index (χ2n) is 4.53. The third-order valence-electron chi connectivity index (χ3n) is 2.58. The number of carbonyl (C=O) groups is 2. The Hall–Kier alpha value is -1.06. The van der Waals surface area contributed by atoms with Crippen LogP contribution in [0.1, 0.15) is 41.0 Å². The summed E-state index contributed by atoms with van der Waals surface area (Å²) in [5, 5.41) is 0. The molecule has 0 aliphatic heterocycles. The molecular formula is C13H24O4. The molecule has 0 aromatic rings. The van der Waals surface area contributed by atoms with E-state index in [1.807, 2.05) is 13.8 Å². The minimum Gasteiger partial charge on any atom is -0.466 e. The summed E-state index contributed by atoms with van der Waals surface area (Å²) in [7, 11) is 0. The van der Waals surface area contributed by atoms with E-state index in [1.54, 1.807) is 20.8 Å². The lowest BCUT2D eigenvalue weighted by molar-refractivity contribution is -0.160. The van der Waals surface area contributed by atoms with Crippen LogP contribution < -0.4 is 0 Å². The van der Waals surface area contributed by atoms with Crippen molar-refractivity contribution in [2.24, 2.45) is 17.8 Å². The number of rotatable bonds is 7. The zero-order valence-corrected chi connectivity index (χ0v) is 11.5. The van der Waals surface area contributed by atoms with E-state index < -0.39 is 11.8 Å². The van der Waals surface area contributed by atoms with E-state index in [-0.39, 0.29) is 11.9 Å². The summed E-state index contributed by atoms with van der Waals surface area (Å²) in [6.07, 6.45) is 0.638. The van der Waals surface area contributed by atoms with Gasteiger partial charge in [-0.1, -0.05) is 20.8 Å². The predicted octanol–water partition coefficient (Wildman–Crippen LogP) is 2.41. The van der Waals surface area contributed by atoms with Gasteiger partial charge in [0, 0.05) is 0 Å². The molecular weight excluding hydrogens is 220 g/mol. The lowest BCUT2D eigenvalue weighted by atomic mass is 9.86. The first-order chi connectivity index (χ1) is 7.93. The molecule has 0 saturated carbocycles. The highest BCUT2D eigenvalue weighted by Crippen LogP contribution is 2.23. The van der Waals surface area contributed by atoms with Crippen molar-refractivity contribution in [2.45, 2.75) is 41.0 Å². The molecule has 0 aliphatic rings. The predicted molar refractivity (Wildman–Crippen MR) is 65.4 cm³/mol. The molecule has 0 rings (SSSR count). The maximum Gasteiger partial charge on any atom is 0.309 e. The fourth-order valence-corrected chi connectivity index (χ4v) is 1.70. The van der Waals surface area contributed by atoms with Crippen LogP contribution >= 0.6 is 0 Å². The van der Waals surface area contributed by atoms with Gasteiger partial charge in [-0.3, -0.25) is 9.59 Å². The fraction of sp³-hybridized carbons (Fsp3) is 0.846. The van der Waals surface area contributed by atoms with Gasteiger partial charge >= 0.3 is 11.9 Å². The molecule has 0 bridgehead atoms. The Morgan fingerprint density at radius 2 is 1.41 bits per heavy atom. The van der Waals surface area contributed by atoms with Crippen LogP contribution in [0.25, 0.3) is 0 Å². The normalized spacial score (nSPS) is 14.2. The summed E-state index contributed by atoms with van der Waals surface area (Å²) in [5.41, 5.74) is 0. The monoisotopic (exact) mass is 244 g/mol. The van der Waals surface area contributed by atoms with Gasteiger partial charge in [-0.25, -0.2) is 0 Å². The molecule has 0 saturated heterocycles. The first-order valence-electron chi connectivity index (χ1n) is 6.27. The maximum atomic E-state index is 11.8. The van der Waals surface area contributed by atoms with E-state index in [2.05, 4.69) is 0 Å². The van der Waals surface area contributed by atoms with Gasteiger partial charge in [0.1, 0.15) is 0 Å². The third-order valence-corrected chi connectivity index (χ3v) is 2.58. The van der Waals surface area contributed by atoms with Gasteiger partial charge in [0.2, 0.25) is 0 Å². The van der Waals surface area contributed by atoms with Crippen molar-refractivity contribution in [3.05, 3.63) is 0 Å². The Balaban J connectivity index is 4.65. The quantitative estimate of drug-likeness (QED) is 0.645. The number of hydrogen-bond donors (Lipinski definition) is 0. The third kappa shape index (κ3) is 5.71. The van der Waals surface area contributed by atoms with E-state index in [9.17, 15) is 9.59 Å². The van der Waals surface area contributed by atoms with Crippen molar-refractivity contribution in [2.75, 3.05) is 13.2 Å². The van der Waals surface area contributed by atoms with Crippen LogP contribution in [0.15, 0.2) is 0 Å². The molecule has 0 radical (unpaired) electrons. The molecule has 0 aliphatic carbocycles. The Bertz CT molecular complexity index is 248. The second kappa shape index (κ2) is 8.09. The fourth-order valence-electron chi connectivity index (χ4n) is 1.70. The topological polar surface area (TPSA) is 52.6 Å². The summed E-state index contributed by atoms with van der Waals surface area (Å²) >= 11 is 0. The minimum absolute atomic E-state index is 0.304. The standard InChI is InChI=1S/C13H24O4/c1-6-16-12(14)10(5)11(8-9(3)4)13(15)17-7-2/h9-11H,6-8H2,1-5H3. The van der Waals surface area contributed by atoms with Gasteiger partial charge in [-0.05, 0) is 26.2 Å². The van der Waals surface area contributed by atoms with Crippen LogP contribution in [-0.2, 0) is 19.1 Å². The Labute approximate surface area is 104 Å². The Morgan fingerprint density at radius 3 is 1.82 bits per heavy atom. The summed E-state index contributed by atoms with van der Waals surface area (Å²) in [4.78, 5) is 23.4. The number of hydrogen-bond acceptors (Lipinski definition) is 4. The van der Waals surface area contributed by atoms with Crippen LogP contribution in [0.3, 0.4) is 0 Å². The van der Waals surface area contributed by atoms with Crippen molar-refractivity contribution in [1.82, 2.24) is 0 Å². The van der Waals surface area contributed by atoms with Gasteiger partial charge in [0.25, 0.3) is 0 Å². The van der Waals surface area contributed by atoms with Crippen LogP contribution in [0, 0.1) is 17.8 Å². The van der Waals surface area contributed by atoms with Gasteiger partial charge in [0.15, 0.2) is 0 Å². The molecule has 0 fully saturated rings. The molecule has 0 heterocycles. The first kappa shape index (κ1) is 15.9. The minimum atomic E-state index is -0.448. The average molecular weight is 244 g/mol. The smallest absolute Gasteiger partial charge is 0.309 e. The lowest BCUT2D eigenvalue weighted by Crippen LogP contribution is -2.31. The van der Waals surface area contributed by atoms with Crippen molar-refractivity contribution in [1.29, 1.82) is 0 Å². The molecule has 0 amide bonds. The average Bonchev–Trinajstić information content (AvgIpc) is 2.25. The highest BCUT2D eigenvalue weighted by molar-refractivity contribution is 5.81. The molecule has 4 nitrogen and oxygen atoms in total. The van der Waals surface area contributed by atoms with Gasteiger partial charge in [-0.15, -0.1) is 0 Å². The largest absolute Gasteiger partial charge is 0.466 e. The lowest BCUT2D eigenvalue weighted by Gasteiger charge is -2.22. The van der Waals surface area contributed by atoms with Gasteiger partial charge < -0.3 is 9.47 Å². The number of carbonyl (C=O) groups excluding carboxylic acids is 2. The van der Waals surface area contributed by atoms with E-state index in [1.165, 1.54) is 0 Å². The van der Waals surface area contributed by atoms with Crippen LogP contribution in [0.4, 0.5) is 0 Å².